The van der Waals surface area contributed by atoms with Crippen molar-refractivity contribution in [3.8, 4) is 0 Å². The van der Waals surface area contributed by atoms with Gasteiger partial charge < -0.3 is 10.2 Å². The number of nitrogens with one attached hydrogen (secondary N) is 1. The van der Waals surface area contributed by atoms with Gasteiger partial charge in [-0.25, -0.2) is 17.7 Å². The molecule has 0 saturated carbocycles. The Morgan fingerprint density at radius 2 is 2.07 bits per heavy atom. The normalized spacial score (nSPS) is 25.8. The number of rotatable bonds is 4. The van der Waals surface area contributed by atoms with Crippen LogP contribution in [0.4, 0.5) is 17.5 Å². The molecular weight excluding hydrogens is 390 g/mol. The Hall–Kier alpha value is -1.91. The first-order chi connectivity index (χ1) is 12.6. The highest BCUT2D eigenvalue weighted by molar-refractivity contribution is 7.88. The maximum Gasteiger partial charge on any atom is 0.229 e. The Labute approximate surface area is 163 Å². The number of nitrogens with zero attached hydrogens (tertiary/aromatic N) is 6. The van der Waals surface area contributed by atoms with Gasteiger partial charge in [-0.2, -0.15) is 10.1 Å². The van der Waals surface area contributed by atoms with Crippen molar-refractivity contribution in [2.75, 3.05) is 42.7 Å². The molecule has 27 heavy (non-hydrogen) atoms. The highest BCUT2D eigenvalue weighted by Crippen LogP contribution is 2.45. The van der Waals surface area contributed by atoms with Gasteiger partial charge in [0.25, 0.3) is 0 Å². The van der Waals surface area contributed by atoms with Crippen LogP contribution in [0, 0.1) is 11.3 Å². The third-order valence-corrected chi connectivity index (χ3v) is 6.88. The number of halogens is 1. The number of anilines is 3. The SMILES string of the molecule is Cn1cc(Nc2ncc(Cl)c(N3C[C@@H]4CN(S(C)(=O)=O)C[C@]4(C)C3)n2)cn1. The molecule has 0 spiro atoms. The highest BCUT2D eigenvalue weighted by Gasteiger charge is 2.51. The van der Waals surface area contributed by atoms with E-state index >= 15 is 0 Å². The zero-order valence-electron chi connectivity index (χ0n) is 15.4. The predicted molar refractivity (Wildman–Crippen MR) is 104 cm³/mol. The summed E-state index contributed by atoms with van der Waals surface area (Å²) in [4.78, 5) is 11.0. The van der Waals surface area contributed by atoms with Crippen LogP contribution in [0.1, 0.15) is 6.92 Å². The molecule has 11 heteroatoms. The zero-order chi connectivity index (χ0) is 19.4. The molecule has 2 fully saturated rings. The molecule has 0 aromatic carbocycles. The minimum Gasteiger partial charge on any atom is -0.354 e. The van der Waals surface area contributed by atoms with Gasteiger partial charge in [0.2, 0.25) is 16.0 Å². The van der Waals surface area contributed by atoms with Crippen molar-refractivity contribution in [3.05, 3.63) is 23.6 Å². The van der Waals surface area contributed by atoms with E-state index in [1.165, 1.54) is 6.26 Å². The molecule has 146 valence electrons. The summed E-state index contributed by atoms with van der Waals surface area (Å²) < 4.78 is 27.0. The summed E-state index contributed by atoms with van der Waals surface area (Å²) in [5.41, 5.74) is 0.675. The van der Waals surface area contributed by atoms with Crippen LogP contribution in [0.15, 0.2) is 18.6 Å². The maximum absolute atomic E-state index is 11.9. The van der Waals surface area contributed by atoms with Crippen LogP contribution in [0.25, 0.3) is 0 Å². The molecule has 4 heterocycles. The average Bonchev–Trinajstić information content (AvgIpc) is 3.20. The third kappa shape index (κ3) is 3.48. The molecule has 2 aliphatic rings. The lowest BCUT2D eigenvalue weighted by atomic mass is 9.83. The topological polar surface area (TPSA) is 96.2 Å². The zero-order valence-corrected chi connectivity index (χ0v) is 17.0. The summed E-state index contributed by atoms with van der Waals surface area (Å²) in [5.74, 6) is 1.36. The molecule has 0 unspecified atom stereocenters. The average molecular weight is 412 g/mol. The van der Waals surface area contributed by atoms with Crippen LogP contribution < -0.4 is 10.2 Å². The summed E-state index contributed by atoms with van der Waals surface area (Å²) in [7, 11) is -1.33. The minimum absolute atomic E-state index is 0.117. The molecule has 0 radical (unpaired) electrons. The largest absolute Gasteiger partial charge is 0.354 e. The number of fused-ring (bicyclic) bond motifs is 1. The van der Waals surface area contributed by atoms with E-state index in [1.54, 1.807) is 21.4 Å². The predicted octanol–water partition coefficient (Wildman–Crippen LogP) is 1.32. The van der Waals surface area contributed by atoms with Gasteiger partial charge in [0.05, 0.1) is 24.3 Å². The molecule has 9 nitrogen and oxygen atoms in total. The second-order valence-corrected chi connectivity index (χ2v) is 10.1. The molecule has 0 aliphatic carbocycles. The number of sulfonamides is 1. The molecule has 2 aromatic rings. The Kier molecular flexibility index (Phi) is 4.32. The first-order valence-corrected chi connectivity index (χ1v) is 10.8. The molecule has 2 aromatic heterocycles. The standard InChI is InChI=1S/C16H22ClN7O2S/c1-16-9-23(6-11(16)7-24(10-16)27(3,25)26)14-13(17)5-18-15(21-14)20-12-4-19-22(2)8-12/h4-5,8,11H,6-7,9-10H2,1-3H3,(H,18,20,21)/t11-,16+/m1/s1. The van der Waals surface area contributed by atoms with Crippen molar-refractivity contribution in [2.24, 2.45) is 18.4 Å². The fourth-order valence-corrected chi connectivity index (χ4v) is 5.15. The van der Waals surface area contributed by atoms with E-state index in [0.29, 0.717) is 43.0 Å². The Morgan fingerprint density at radius 3 is 2.70 bits per heavy atom. The Morgan fingerprint density at radius 1 is 1.30 bits per heavy atom. The summed E-state index contributed by atoms with van der Waals surface area (Å²) in [6, 6.07) is 0. The smallest absolute Gasteiger partial charge is 0.229 e. The minimum atomic E-state index is -3.17. The third-order valence-electron chi connectivity index (χ3n) is 5.40. The lowest BCUT2D eigenvalue weighted by Gasteiger charge is -2.25. The van der Waals surface area contributed by atoms with Crippen molar-refractivity contribution in [1.82, 2.24) is 24.1 Å². The Bertz CT molecular complexity index is 979. The maximum atomic E-state index is 11.9. The van der Waals surface area contributed by atoms with Gasteiger partial charge in [-0.3, -0.25) is 4.68 Å². The van der Waals surface area contributed by atoms with Crippen LogP contribution in [0.3, 0.4) is 0 Å². The number of hydrogen-bond acceptors (Lipinski definition) is 7. The number of aromatic nitrogens is 4. The second-order valence-electron chi connectivity index (χ2n) is 7.68. The molecule has 2 aliphatic heterocycles. The van der Waals surface area contributed by atoms with Crippen molar-refractivity contribution in [1.29, 1.82) is 0 Å². The van der Waals surface area contributed by atoms with E-state index in [1.807, 2.05) is 13.2 Å². The Balaban J connectivity index is 1.54. The summed E-state index contributed by atoms with van der Waals surface area (Å²) in [6.45, 7) is 4.61. The van der Waals surface area contributed by atoms with Crippen LogP contribution in [0.2, 0.25) is 5.02 Å². The molecular formula is C16H22ClN7O2S. The van der Waals surface area contributed by atoms with Gasteiger partial charge in [-0.1, -0.05) is 18.5 Å². The fourth-order valence-electron chi connectivity index (χ4n) is 3.96. The number of aryl methyl sites for hydroxylation is 1. The van der Waals surface area contributed by atoms with Crippen molar-refractivity contribution >= 4 is 39.1 Å². The van der Waals surface area contributed by atoms with E-state index in [0.717, 1.165) is 5.69 Å². The number of hydrogen-bond donors (Lipinski definition) is 1. The summed E-state index contributed by atoms with van der Waals surface area (Å²) >= 11 is 6.37. The second kappa shape index (κ2) is 6.32. The first kappa shape index (κ1) is 18.5. The van der Waals surface area contributed by atoms with E-state index in [4.69, 9.17) is 11.6 Å². The van der Waals surface area contributed by atoms with Gasteiger partial charge in [0.1, 0.15) is 5.02 Å². The molecule has 2 saturated heterocycles. The van der Waals surface area contributed by atoms with Crippen molar-refractivity contribution in [2.45, 2.75) is 6.92 Å². The van der Waals surface area contributed by atoms with Gasteiger partial charge in [0.15, 0.2) is 5.82 Å². The lowest BCUT2D eigenvalue weighted by Crippen LogP contribution is -2.35. The van der Waals surface area contributed by atoms with Gasteiger partial charge in [-0.15, -0.1) is 0 Å². The van der Waals surface area contributed by atoms with E-state index < -0.39 is 10.0 Å². The van der Waals surface area contributed by atoms with Crippen LogP contribution in [-0.4, -0.2) is 64.9 Å². The monoisotopic (exact) mass is 411 g/mol. The fraction of sp³-hybridized carbons (Fsp3) is 0.562. The quantitative estimate of drug-likeness (QED) is 0.810. The molecule has 2 atom stereocenters. The summed E-state index contributed by atoms with van der Waals surface area (Å²) in [5, 5.41) is 7.72. The van der Waals surface area contributed by atoms with Crippen molar-refractivity contribution < 1.29 is 8.42 Å². The first-order valence-electron chi connectivity index (χ1n) is 8.62. The van der Waals surface area contributed by atoms with Crippen LogP contribution >= 0.6 is 11.6 Å². The van der Waals surface area contributed by atoms with E-state index in [-0.39, 0.29) is 11.3 Å². The lowest BCUT2D eigenvalue weighted by molar-refractivity contribution is 0.329. The van der Waals surface area contributed by atoms with Gasteiger partial charge in [0, 0.05) is 44.8 Å². The molecule has 0 bridgehead atoms. The van der Waals surface area contributed by atoms with E-state index in [9.17, 15) is 8.42 Å². The molecule has 1 N–H and O–H groups in total. The molecule has 0 amide bonds. The van der Waals surface area contributed by atoms with Gasteiger partial charge >= 0.3 is 0 Å². The summed E-state index contributed by atoms with van der Waals surface area (Å²) in [6.07, 6.45) is 6.38. The van der Waals surface area contributed by atoms with Crippen molar-refractivity contribution in [3.63, 3.8) is 0 Å². The molecule has 4 rings (SSSR count). The van der Waals surface area contributed by atoms with Crippen LogP contribution in [0.5, 0.6) is 0 Å². The highest BCUT2D eigenvalue weighted by atomic mass is 35.5. The van der Waals surface area contributed by atoms with Gasteiger partial charge in [-0.05, 0) is 5.92 Å². The van der Waals surface area contributed by atoms with Crippen LogP contribution in [-0.2, 0) is 17.1 Å². The van der Waals surface area contributed by atoms with E-state index in [2.05, 4.69) is 32.2 Å².